The van der Waals surface area contributed by atoms with E-state index in [9.17, 15) is 9.18 Å². The minimum atomic E-state index is -0.630. The lowest BCUT2D eigenvalue weighted by molar-refractivity contribution is -0.125. The number of nitrogens with zero attached hydrogens (tertiary/aromatic N) is 1. The second kappa shape index (κ2) is 5.23. The molecule has 0 radical (unpaired) electrons. The Morgan fingerprint density at radius 1 is 1.59 bits per heavy atom. The van der Waals surface area contributed by atoms with Gasteiger partial charge in [0.1, 0.15) is 5.82 Å². The second-order valence-corrected chi connectivity index (χ2v) is 4.79. The van der Waals surface area contributed by atoms with Crippen molar-refractivity contribution in [1.82, 2.24) is 10.3 Å². The van der Waals surface area contributed by atoms with Crippen molar-refractivity contribution in [3.05, 3.63) is 29.8 Å². The Bertz CT molecular complexity index is 406. The molecule has 1 aromatic heterocycles. The van der Waals surface area contributed by atoms with Crippen LogP contribution in [0.1, 0.15) is 32.4 Å². The molecular weight excluding hydrogens is 221 g/mol. The molecule has 1 amide bonds. The van der Waals surface area contributed by atoms with Gasteiger partial charge in [-0.2, -0.15) is 0 Å². The number of hydrogen-bond acceptors (Lipinski definition) is 3. The van der Waals surface area contributed by atoms with Crippen molar-refractivity contribution < 1.29 is 9.18 Å². The highest BCUT2D eigenvalue weighted by Crippen LogP contribution is 2.16. The van der Waals surface area contributed by atoms with Gasteiger partial charge in [-0.15, -0.1) is 0 Å². The summed E-state index contributed by atoms with van der Waals surface area (Å²) in [7, 11) is 0. The maximum atomic E-state index is 13.0. The third-order valence-corrected chi connectivity index (χ3v) is 2.74. The normalized spacial score (nSPS) is 13.4. The van der Waals surface area contributed by atoms with E-state index in [0.717, 1.165) is 11.8 Å². The lowest BCUT2D eigenvalue weighted by Gasteiger charge is -2.24. The second-order valence-electron chi connectivity index (χ2n) is 4.79. The van der Waals surface area contributed by atoms with Gasteiger partial charge in [0.25, 0.3) is 0 Å². The van der Waals surface area contributed by atoms with E-state index in [4.69, 9.17) is 5.73 Å². The van der Waals surface area contributed by atoms with E-state index in [2.05, 4.69) is 10.3 Å². The molecule has 1 atom stereocenters. The van der Waals surface area contributed by atoms with E-state index in [0.29, 0.717) is 6.54 Å². The molecule has 0 aliphatic heterocycles. The van der Waals surface area contributed by atoms with Crippen molar-refractivity contribution in [3.63, 3.8) is 0 Å². The van der Waals surface area contributed by atoms with Crippen LogP contribution in [-0.2, 0) is 4.79 Å². The zero-order valence-electron chi connectivity index (χ0n) is 10.3. The predicted molar refractivity (Wildman–Crippen MR) is 63.6 cm³/mol. The van der Waals surface area contributed by atoms with Crippen LogP contribution in [0.2, 0.25) is 0 Å². The number of carbonyl (C=O) groups is 1. The van der Waals surface area contributed by atoms with Crippen LogP contribution < -0.4 is 11.1 Å². The number of rotatable bonds is 5. The first-order chi connectivity index (χ1) is 7.83. The van der Waals surface area contributed by atoms with Crippen molar-refractivity contribution >= 4 is 5.91 Å². The number of halogens is 1. The molecule has 1 rings (SSSR count). The summed E-state index contributed by atoms with van der Waals surface area (Å²) in [4.78, 5) is 14.9. The van der Waals surface area contributed by atoms with Crippen molar-refractivity contribution in [2.24, 2.45) is 11.1 Å². The SMILES string of the molecule is CC(NCC(C)(C)C(N)=O)c1cncc(F)c1. The Morgan fingerprint density at radius 3 is 2.76 bits per heavy atom. The van der Waals surface area contributed by atoms with Crippen LogP contribution in [0.3, 0.4) is 0 Å². The molecule has 4 nitrogen and oxygen atoms in total. The molecule has 94 valence electrons. The molecule has 0 saturated heterocycles. The fourth-order valence-electron chi connectivity index (χ4n) is 1.28. The van der Waals surface area contributed by atoms with Gasteiger partial charge in [0.05, 0.1) is 11.6 Å². The number of aromatic nitrogens is 1. The molecule has 0 aliphatic rings. The third kappa shape index (κ3) is 3.78. The lowest BCUT2D eigenvalue weighted by Crippen LogP contribution is -2.41. The number of nitrogens with one attached hydrogen (secondary N) is 1. The average Bonchev–Trinajstić information content (AvgIpc) is 2.25. The van der Waals surface area contributed by atoms with Crippen molar-refractivity contribution in [3.8, 4) is 0 Å². The summed E-state index contributed by atoms with van der Waals surface area (Å²) in [5.74, 6) is -0.736. The summed E-state index contributed by atoms with van der Waals surface area (Å²) >= 11 is 0. The Labute approximate surface area is 100 Å². The molecule has 3 N–H and O–H groups in total. The minimum Gasteiger partial charge on any atom is -0.369 e. The standard InChI is InChI=1S/C12H18FN3O/c1-8(9-4-10(13)6-15-5-9)16-7-12(2,3)11(14)17/h4-6,8,16H,7H2,1-3H3,(H2,14,17). The number of carbonyl (C=O) groups excluding carboxylic acids is 1. The van der Waals surface area contributed by atoms with Crippen molar-refractivity contribution in [2.45, 2.75) is 26.8 Å². The molecule has 0 bridgehead atoms. The summed E-state index contributed by atoms with van der Waals surface area (Å²) in [6.45, 7) is 5.84. The van der Waals surface area contributed by atoms with Crippen LogP contribution in [0, 0.1) is 11.2 Å². The Kier molecular flexibility index (Phi) is 4.17. The van der Waals surface area contributed by atoms with Crippen LogP contribution in [0.15, 0.2) is 18.5 Å². The van der Waals surface area contributed by atoms with Crippen molar-refractivity contribution in [2.75, 3.05) is 6.54 Å². The molecule has 1 unspecified atom stereocenters. The molecule has 5 heteroatoms. The van der Waals surface area contributed by atoms with Crippen LogP contribution in [0.5, 0.6) is 0 Å². The van der Waals surface area contributed by atoms with E-state index in [1.54, 1.807) is 20.0 Å². The van der Waals surface area contributed by atoms with E-state index in [-0.39, 0.29) is 17.8 Å². The number of amides is 1. The summed E-state index contributed by atoms with van der Waals surface area (Å²) in [5, 5.41) is 3.14. The van der Waals surface area contributed by atoms with Gasteiger partial charge in [-0.1, -0.05) is 0 Å². The Morgan fingerprint density at radius 2 is 2.24 bits per heavy atom. The van der Waals surface area contributed by atoms with Crippen LogP contribution in [0.25, 0.3) is 0 Å². The highest BCUT2D eigenvalue weighted by atomic mass is 19.1. The Hall–Kier alpha value is -1.49. The van der Waals surface area contributed by atoms with Gasteiger partial charge in [0.15, 0.2) is 0 Å². The van der Waals surface area contributed by atoms with Gasteiger partial charge >= 0.3 is 0 Å². The molecule has 0 aliphatic carbocycles. The smallest absolute Gasteiger partial charge is 0.224 e. The largest absolute Gasteiger partial charge is 0.369 e. The van der Waals surface area contributed by atoms with Gasteiger partial charge < -0.3 is 11.1 Å². The first-order valence-electron chi connectivity index (χ1n) is 5.46. The van der Waals surface area contributed by atoms with Gasteiger partial charge in [0.2, 0.25) is 5.91 Å². The summed E-state index contributed by atoms with van der Waals surface area (Å²) < 4.78 is 13.0. The molecule has 0 spiro atoms. The van der Waals surface area contributed by atoms with Gasteiger partial charge in [-0.25, -0.2) is 4.39 Å². The fraction of sp³-hybridized carbons (Fsp3) is 0.500. The molecule has 17 heavy (non-hydrogen) atoms. The summed E-state index contributed by atoms with van der Waals surface area (Å²) in [6.07, 6.45) is 2.75. The van der Waals surface area contributed by atoms with Crippen LogP contribution >= 0.6 is 0 Å². The topological polar surface area (TPSA) is 68.0 Å². The number of pyridine rings is 1. The molecule has 0 saturated carbocycles. The molecular formula is C12H18FN3O. The highest BCUT2D eigenvalue weighted by molar-refractivity contribution is 5.80. The maximum absolute atomic E-state index is 13.0. The van der Waals surface area contributed by atoms with Crippen LogP contribution in [-0.4, -0.2) is 17.4 Å². The quantitative estimate of drug-likeness (QED) is 0.815. The predicted octanol–water partition coefficient (Wildman–Crippen LogP) is 1.38. The fourth-order valence-corrected chi connectivity index (χ4v) is 1.28. The summed E-state index contributed by atoms with van der Waals surface area (Å²) in [6, 6.07) is 1.33. The molecule has 1 aromatic rings. The zero-order chi connectivity index (χ0) is 13.1. The monoisotopic (exact) mass is 239 g/mol. The molecule has 0 fully saturated rings. The number of nitrogens with two attached hydrogens (primary N) is 1. The van der Waals surface area contributed by atoms with E-state index < -0.39 is 5.41 Å². The first-order valence-corrected chi connectivity index (χ1v) is 5.46. The summed E-state index contributed by atoms with van der Waals surface area (Å²) in [5.41, 5.74) is 5.38. The molecule has 1 heterocycles. The van der Waals surface area contributed by atoms with Gasteiger partial charge in [-0.05, 0) is 32.4 Å². The highest BCUT2D eigenvalue weighted by Gasteiger charge is 2.25. The van der Waals surface area contributed by atoms with Gasteiger partial charge in [-0.3, -0.25) is 9.78 Å². The van der Waals surface area contributed by atoms with Crippen LogP contribution in [0.4, 0.5) is 4.39 Å². The van der Waals surface area contributed by atoms with E-state index >= 15 is 0 Å². The van der Waals surface area contributed by atoms with E-state index in [1.165, 1.54) is 6.07 Å². The lowest BCUT2D eigenvalue weighted by atomic mass is 9.92. The minimum absolute atomic E-state index is 0.0863. The first kappa shape index (κ1) is 13.6. The zero-order valence-corrected chi connectivity index (χ0v) is 10.3. The van der Waals surface area contributed by atoms with E-state index in [1.807, 2.05) is 6.92 Å². The van der Waals surface area contributed by atoms with Gasteiger partial charge in [0, 0.05) is 18.8 Å². The third-order valence-electron chi connectivity index (χ3n) is 2.74. The number of primary amides is 1. The maximum Gasteiger partial charge on any atom is 0.224 e. The van der Waals surface area contributed by atoms with Crippen molar-refractivity contribution in [1.29, 1.82) is 0 Å². The Balaban J connectivity index is 2.62. The molecule has 0 aromatic carbocycles. The average molecular weight is 239 g/mol. The number of hydrogen-bond donors (Lipinski definition) is 2.